The molecule has 1 saturated carbocycles. The van der Waals surface area contributed by atoms with E-state index in [-0.39, 0.29) is 26.0 Å². The largest absolute Gasteiger partial charge is 0.459 e. The Morgan fingerprint density at radius 1 is 1.16 bits per heavy atom. The highest BCUT2D eigenvalue weighted by atomic mass is 31.2. The number of aliphatic hydroxyl groups is 1. The molecule has 8 heteroatoms. The van der Waals surface area contributed by atoms with Gasteiger partial charge in [-0.25, -0.2) is 4.79 Å². The van der Waals surface area contributed by atoms with Crippen molar-refractivity contribution in [2.24, 2.45) is 0 Å². The monoisotopic (exact) mass is 372 g/mol. The summed E-state index contributed by atoms with van der Waals surface area (Å²) < 4.78 is 33.7. The first-order chi connectivity index (χ1) is 12.0. The second-order valence-electron chi connectivity index (χ2n) is 5.71. The summed E-state index contributed by atoms with van der Waals surface area (Å²) in [7, 11) is -3.33. The van der Waals surface area contributed by atoms with Crippen LogP contribution in [0.1, 0.15) is 37.0 Å². The van der Waals surface area contributed by atoms with Crippen molar-refractivity contribution in [1.82, 2.24) is 0 Å². The Morgan fingerprint density at radius 3 is 2.40 bits per heavy atom. The lowest BCUT2D eigenvalue weighted by molar-refractivity contribution is -0.00793. The van der Waals surface area contributed by atoms with Crippen LogP contribution in [0.5, 0.6) is 0 Å². The molecule has 0 unspecified atom stereocenters. The number of ether oxygens (including phenoxy) is 2. The van der Waals surface area contributed by atoms with E-state index in [1.54, 1.807) is 38.1 Å². The van der Waals surface area contributed by atoms with Gasteiger partial charge in [0, 0.05) is 12.8 Å². The minimum absolute atomic E-state index is 0.240. The third kappa shape index (κ3) is 5.90. The van der Waals surface area contributed by atoms with Gasteiger partial charge in [0.1, 0.15) is 12.5 Å². The molecule has 1 N–H and O–H groups in total. The summed E-state index contributed by atoms with van der Waals surface area (Å²) in [5.41, 5.74) is 0.457. The maximum absolute atomic E-state index is 12.4. The summed E-state index contributed by atoms with van der Waals surface area (Å²) in [6.45, 7) is 3.92. The maximum atomic E-state index is 12.4. The van der Waals surface area contributed by atoms with Crippen molar-refractivity contribution < 1.29 is 33.0 Å². The fraction of sp³-hybridized carbons (Fsp3) is 0.588. The maximum Gasteiger partial charge on any atom is 0.356 e. The van der Waals surface area contributed by atoms with Crippen molar-refractivity contribution in [3.63, 3.8) is 0 Å². The topological polar surface area (TPSA) is 91.3 Å². The minimum Gasteiger partial charge on any atom is -0.459 e. The van der Waals surface area contributed by atoms with Crippen molar-refractivity contribution in [1.29, 1.82) is 0 Å². The second-order valence-corrected chi connectivity index (χ2v) is 7.71. The number of benzene rings is 1. The number of rotatable bonds is 9. The lowest BCUT2D eigenvalue weighted by Crippen LogP contribution is -2.23. The van der Waals surface area contributed by atoms with Crippen LogP contribution in [-0.2, 0) is 23.1 Å². The van der Waals surface area contributed by atoms with Crippen molar-refractivity contribution in [3.05, 3.63) is 35.9 Å². The average molecular weight is 372 g/mol. The molecule has 0 saturated heterocycles. The molecule has 1 aliphatic carbocycles. The Balaban J connectivity index is 1.86. The molecule has 1 aromatic rings. The van der Waals surface area contributed by atoms with E-state index in [0.717, 1.165) is 0 Å². The molecular formula is C17H25O7P. The first-order valence-corrected chi connectivity index (χ1v) is 10.1. The molecule has 0 aromatic heterocycles. The van der Waals surface area contributed by atoms with E-state index in [1.807, 2.05) is 6.07 Å². The van der Waals surface area contributed by atoms with Gasteiger partial charge < -0.3 is 23.6 Å². The van der Waals surface area contributed by atoms with Crippen LogP contribution < -0.4 is 0 Å². The third-order valence-corrected chi connectivity index (χ3v) is 5.58. The summed E-state index contributed by atoms with van der Waals surface area (Å²) in [6, 6.07) is 8.66. The molecule has 0 spiro atoms. The SMILES string of the molecule is CCOP(=O)(CO[C@@H]1C[C@H](OC(=O)c2ccccc2)C[C@H]1O)OCC. The molecule has 0 amide bonds. The van der Waals surface area contributed by atoms with Crippen LogP contribution in [0.25, 0.3) is 0 Å². The van der Waals surface area contributed by atoms with Gasteiger partial charge in [-0.1, -0.05) is 18.2 Å². The fourth-order valence-electron chi connectivity index (χ4n) is 2.69. The van der Waals surface area contributed by atoms with Crippen molar-refractivity contribution in [3.8, 4) is 0 Å². The molecule has 1 fully saturated rings. The summed E-state index contributed by atoms with van der Waals surface area (Å²) in [6.07, 6.45) is -1.47. The first kappa shape index (κ1) is 20.1. The molecule has 140 valence electrons. The van der Waals surface area contributed by atoms with Crippen LogP contribution in [0, 0.1) is 0 Å². The predicted molar refractivity (Wildman–Crippen MR) is 91.5 cm³/mol. The molecule has 7 nitrogen and oxygen atoms in total. The van der Waals surface area contributed by atoms with Gasteiger partial charge in [-0.05, 0) is 26.0 Å². The molecule has 1 aliphatic rings. The highest BCUT2D eigenvalue weighted by Gasteiger charge is 2.38. The van der Waals surface area contributed by atoms with Crippen LogP contribution in [0.15, 0.2) is 30.3 Å². The van der Waals surface area contributed by atoms with E-state index in [4.69, 9.17) is 18.5 Å². The van der Waals surface area contributed by atoms with E-state index in [1.165, 1.54) is 0 Å². The summed E-state index contributed by atoms with van der Waals surface area (Å²) in [5, 5.41) is 10.1. The predicted octanol–water partition coefficient (Wildman–Crippen LogP) is 2.98. The van der Waals surface area contributed by atoms with Gasteiger partial charge in [-0.15, -0.1) is 0 Å². The Hall–Kier alpha value is -1.24. The molecule has 0 aliphatic heterocycles. The van der Waals surface area contributed by atoms with Crippen LogP contribution >= 0.6 is 7.60 Å². The average Bonchev–Trinajstić information content (AvgIpc) is 2.94. The molecule has 1 aromatic carbocycles. The minimum atomic E-state index is -3.33. The number of carbonyl (C=O) groups excluding carboxylic acids is 1. The number of hydrogen-bond donors (Lipinski definition) is 1. The normalized spacial score (nSPS) is 23.6. The number of esters is 1. The fourth-order valence-corrected chi connectivity index (χ4v) is 4.08. The molecule has 2 rings (SSSR count). The van der Waals surface area contributed by atoms with E-state index >= 15 is 0 Å². The van der Waals surface area contributed by atoms with Gasteiger partial charge >= 0.3 is 13.6 Å². The highest BCUT2D eigenvalue weighted by Crippen LogP contribution is 2.48. The highest BCUT2D eigenvalue weighted by molar-refractivity contribution is 7.53. The van der Waals surface area contributed by atoms with E-state index in [2.05, 4.69) is 0 Å². The molecule has 0 bridgehead atoms. The second kappa shape index (κ2) is 9.46. The third-order valence-electron chi connectivity index (χ3n) is 3.81. The van der Waals surface area contributed by atoms with Crippen molar-refractivity contribution in [2.45, 2.75) is 45.0 Å². The Bertz CT molecular complexity index is 582. The molecule has 0 radical (unpaired) electrons. The molecule has 3 atom stereocenters. The molecule has 25 heavy (non-hydrogen) atoms. The van der Waals surface area contributed by atoms with Gasteiger partial charge in [0.2, 0.25) is 0 Å². The Morgan fingerprint density at radius 2 is 1.80 bits per heavy atom. The lowest BCUT2D eigenvalue weighted by Gasteiger charge is -2.21. The van der Waals surface area contributed by atoms with Crippen LogP contribution in [0.2, 0.25) is 0 Å². The lowest BCUT2D eigenvalue weighted by atomic mass is 10.2. The van der Waals surface area contributed by atoms with Crippen molar-refractivity contribution >= 4 is 13.6 Å². The summed E-state index contributed by atoms with van der Waals surface area (Å²) in [5.74, 6) is -0.437. The van der Waals surface area contributed by atoms with Gasteiger partial charge in [0.25, 0.3) is 0 Å². The van der Waals surface area contributed by atoms with Crippen LogP contribution in [0.4, 0.5) is 0 Å². The van der Waals surface area contributed by atoms with Gasteiger partial charge in [-0.2, -0.15) is 0 Å². The van der Waals surface area contributed by atoms with Gasteiger partial charge in [0.05, 0.1) is 31.0 Å². The van der Waals surface area contributed by atoms with E-state index in [0.29, 0.717) is 12.0 Å². The number of hydrogen-bond acceptors (Lipinski definition) is 7. The first-order valence-electron chi connectivity index (χ1n) is 8.41. The van der Waals surface area contributed by atoms with E-state index in [9.17, 15) is 14.5 Å². The van der Waals surface area contributed by atoms with Gasteiger partial charge in [-0.3, -0.25) is 4.57 Å². The van der Waals surface area contributed by atoms with Crippen LogP contribution in [-0.4, -0.2) is 48.9 Å². The van der Waals surface area contributed by atoms with Crippen molar-refractivity contribution in [2.75, 3.05) is 19.6 Å². The zero-order valence-electron chi connectivity index (χ0n) is 14.5. The smallest absolute Gasteiger partial charge is 0.356 e. The molecular weight excluding hydrogens is 347 g/mol. The summed E-state index contributed by atoms with van der Waals surface area (Å²) in [4.78, 5) is 12.1. The zero-order valence-corrected chi connectivity index (χ0v) is 15.4. The van der Waals surface area contributed by atoms with Gasteiger partial charge in [0.15, 0.2) is 0 Å². The number of aliphatic hydroxyl groups excluding tert-OH is 1. The Labute approximate surface area is 147 Å². The Kier molecular flexibility index (Phi) is 7.59. The standard InChI is InChI=1S/C17H25O7P/c1-3-22-25(20,23-4-2)12-21-16-11-14(10-15(16)18)24-17(19)13-8-6-5-7-9-13/h5-9,14-16,18H,3-4,10-12H2,1-2H3/t14-,15-,16-/m1/s1. The quantitative estimate of drug-likeness (QED) is 0.526. The number of carbonyl (C=O) groups is 1. The zero-order chi connectivity index (χ0) is 18.3. The summed E-state index contributed by atoms with van der Waals surface area (Å²) >= 11 is 0. The van der Waals surface area contributed by atoms with Crippen LogP contribution in [0.3, 0.4) is 0 Å². The van der Waals surface area contributed by atoms with E-state index < -0.39 is 31.9 Å². The molecule has 0 heterocycles.